The molecular weight excluding hydrogens is 351 g/mol. The van der Waals surface area contributed by atoms with E-state index in [1.165, 1.54) is 12.1 Å². The van der Waals surface area contributed by atoms with E-state index in [2.05, 4.69) is 10.3 Å². The molecule has 0 radical (unpaired) electrons. The second kappa shape index (κ2) is 8.35. The van der Waals surface area contributed by atoms with Gasteiger partial charge in [0.05, 0.1) is 12.6 Å². The lowest BCUT2D eigenvalue weighted by Gasteiger charge is -2.08. The Morgan fingerprint density at radius 3 is 2.78 bits per heavy atom. The minimum atomic E-state index is -0.523. The Bertz CT molecular complexity index is 1020. The summed E-state index contributed by atoms with van der Waals surface area (Å²) in [7, 11) is 1.56. The van der Waals surface area contributed by atoms with Crippen molar-refractivity contribution in [3.8, 4) is 11.5 Å². The standard InChI is InChI=1S/C20H19FN2O4/c1-26-15-7-6-13-10-14(20(25)23-17(13)11-15)8-9-22-19(24)12-27-18-5-3-2-4-16(18)21/h2-7,10-11H,8-9,12H2,1H3,(H,22,24)(H,23,25). The van der Waals surface area contributed by atoms with Crippen LogP contribution in [0.3, 0.4) is 0 Å². The second-order valence-electron chi connectivity index (χ2n) is 5.90. The van der Waals surface area contributed by atoms with E-state index in [-0.39, 0.29) is 30.4 Å². The number of pyridine rings is 1. The maximum Gasteiger partial charge on any atom is 0.257 e. The van der Waals surface area contributed by atoms with Crippen molar-refractivity contribution in [2.45, 2.75) is 6.42 Å². The van der Waals surface area contributed by atoms with Gasteiger partial charge in [-0.25, -0.2) is 4.39 Å². The number of ether oxygens (including phenoxy) is 2. The summed E-state index contributed by atoms with van der Waals surface area (Å²) in [5.74, 6) is -0.230. The molecule has 0 spiro atoms. The monoisotopic (exact) mass is 370 g/mol. The fraction of sp³-hybridized carbons (Fsp3) is 0.200. The SMILES string of the molecule is COc1ccc2cc(CCNC(=O)COc3ccccc3F)c(=O)[nH]c2c1. The van der Waals surface area contributed by atoms with Crippen LogP contribution < -0.4 is 20.3 Å². The van der Waals surface area contributed by atoms with Crippen LogP contribution in [0.1, 0.15) is 5.56 Å². The van der Waals surface area contributed by atoms with Crippen LogP contribution in [0.4, 0.5) is 4.39 Å². The lowest BCUT2D eigenvalue weighted by atomic mass is 10.1. The molecule has 0 fully saturated rings. The van der Waals surface area contributed by atoms with Gasteiger partial charge in [0.2, 0.25) is 0 Å². The number of aromatic amines is 1. The largest absolute Gasteiger partial charge is 0.497 e. The minimum absolute atomic E-state index is 0.0223. The van der Waals surface area contributed by atoms with Gasteiger partial charge in [-0.3, -0.25) is 9.59 Å². The number of halogens is 1. The third kappa shape index (κ3) is 4.63. The minimum Gasteiger partial charge on any atom is -0.497 e. The number of benzene rings is 2. The van der Waals surface area contributed by atoms with E-state index < -0.39 is 5.82 Å². The molecule has 0 aliphatic rings. The van der Waals surface area contributed by atoms with Gasteiger partial charge in [-0.2, -0.15) is 0 Å². The Labute approximate surface area is 154 Å². The van der Waals surface area contributed by atoms with Crippen LogP contribution in [0.5, 0.6) is 11.5 Å². The number of fused-ring (bicyclic) bond motifs is 1. The molecule has 0 atom stereocenters. The van der Waals surface area contributed by atoms with Gasteiger partial charge in [-0.15, -0.1) is 0 Å². The van der Waals surface area contributed by atoms with Gasteiger partial charge in [0, 0.05) is 18.2 Å². The molecule has 0 bridgehead atoms. The molecule has 1 heterocycles. The fourth-order valence-electron chi connectivity index (χ4n) is 2.63. The Kier molecular flexibility index (Phi) is 5.71. The number of rotatable bonds is 7. The Morgan fingerprint density at radius 1 is 1.19 bits per heavy atom. The highest BCUT2D eigenvalue weighted by molar-refractivity contribution is 5.80. The maximum absolute atomic E-state index is 13.4. The van der Waals surface area contributed by atoms with E-state index in [0.29, 0.717) is 23.3 Å². The molecule has 1 aromatic heterocycles. The summed E-state index contributed by atoms with van der Waals surface area (Å²) in [5, 5.41) is 3.53. The first-order valence-electron chi connectivity index (χ1n) is 8.41. The summed E-state index contributed by atoms with van der Waals surface area (Å²) in [4.78, 5) is 26.8. The molecule has 2 aromatic carbocycles. The lowest BCUT2D eigenvalue weighted by Crippen LogP contribution is -2.31. The van der Waals surface area contributed by atoms with Crippen LogP contribution in [0.15, 0.2) is 53.3 Å². The zero-order valence-corrected chi connectivity index (χ0v) is 14.8. The molecule has 0 aliphatic heterocycles. The third-order valence-corrected chi connectivity index (χ3v) is 4.04. The fourth-order valence-corrected chi connectivity index (χ4v) is 2.63. The number of carbonyl (C=O) groups excluding carboxylic acids is 1. The van der Waals surface area contributed by atoms with E-state index in [9.17, 15) is 14.0 Å². The number of para-hydroxylation sites is 1. The van der Waals surface area contributed by atoms with Gasteiger partial charge >= 0.3 is 0 Å². The van der Waals surface area contributed by atoms with Crippen molar-refractivity contribution >= 4 is 16.8 Å². The zero-order valence-electron chi connectivity index (χ0n) is 14.8. The number of nitrogens with one attached hydrogen (secondary N) is 2. The van der Waals surface area contributed by atoms with Gasteiger partial charge in [0.15, 0.2) is 18.2 Å². The molecule has 3 rings (SSSR count). The van der Waals surface area contributed by atoms with E-state index in [1.807, 2.05) is 12.1 Å². The van der Waals surface area contributed by atoms with E-state index in [4.69, 9.17) is 9.47 Å². The van der Waals surface area contributed by atoms with E-state index in [0.717, 1.165) is 5.39 Å². The van der Waals surface area contributed by atoms with Crippen molar-refractivity contribution in [2.24, 2.45) is 0 Å². The number of aromatic nitrogens is 1. The summed E-state index contributed by atoms with van der Waals surface area (Å²) in [6, 6.07) is 13.1. The highest BCUT2D eigenvalue weighted by Gasteiger charge is 2.08. The number of hydrogen-bond donors (Lipinski definition) is 2. The molecule has 1 amide bonds. The number of carbonyl (C=O) groups is 1. The van der Waals surface area contributed by atoms with Crippen LogP contribution in [-0.4, -0.2) is 31.2 Å². The van der Waals surface area contributed by atoms with Gasteiger partial charge < -0.3 is 19.8 Å². The van der Waals surface area contributed by atoms with Crippen LogP contribution >= 0.6 is 0 Å². The first-order valence-corrected chi connectivity index (χ1v) is 8.41. The van der Waals surface area contributed by atoms with Crippen molar-refractivity contribution in [1.29, 1.82) is 0 Å². The molecule has 0 aliphatic carbocycles. The predicted molar refractivity (Wildman–Crippen MR) is 99.7 cm³/mol. The third-order valence-electron chi connectivity index (χ3n) is 4.04. The van der Waals surface area contributed by atoms with Gasteiger partial charge in [0.1, 0.15) is 5.75 Å². The van der Waals surface area contributed by atoms with Crippen LogP contribution in [0.2, 0.25) is 0 Å². The van der Waals surface area contributed by atoms with Crippen molar-refractivity contribution < 1.29 is 18.7 Å². The van der Waals surface area contributed by atoms with Crippen LogP contribution in [0.25, 0.3) is 10.9 Å². The molecule has 0 saturated carbocycles. The number of H-pyrrole nitrogens is 1. The molecule has 0 saturated heterocycles. The highest BCUT2D eigenvalue weighted by atomic mass is 19.1. The Balaban J connectivity index is 1.55. The molecule has 2 N–H and O–H groups in total. The van der Waals surface area contributed by atoms with Crippen LogP contribution in [-0.2, 0) is 11.2 Å². The molecule has 6 nitrogen and oxygen atoms in total. The molecule has 140 valence electrons. The molecule has 27 heavy (non-hydrogen) atoms. The smallest absolute Gasteiger partial charge is 0.257 e. The first-order chi connectivity index (χ1) is 13.1. The first kappa shape index (κ1) is 18.4. The topological polar surface area (TPSA) is 80.4 Å². The summed E-state index contributed by atoms with van der Waals surface area (Å²) in [5.41, 5.74) is 1.03. The molecular formula is C20H19FN2O4. The van der Waals surface area contributed by atoms with Gasteiger partial charge in [-0.1, -0.05) is 12.1 Å². The maximum atomic E-state index is 13.4. The number of amides is 1. The average Bonchev–Trinajstić information content (AvgIpc) is 2.67. The van der Waals surface area contributed by atoms with Crippen molar-refractivity contribution in [3.63, 3.8) is 0 Å². The molecule has 3 aromatic rings. The van der Waals surface area contributed by atoms with Gasteiger partial charge in [-0.05, 0) is 42.1 Å². The summed E-state index contributed by atoms with van der Waals surface area (Å²) in [6.07, 6.45) is 0.364. The highest BCUT2D eigenvalue weighted by Crippen LogP contribution is 2.18. The second-order valence-corrected chi connectivity index (χ2v) is 5.90. The predicted octanol–water partition coefficient (Wildman–Crippen LogP) is 2.41. The molecule has 7 heteroatoms. The van der Waals surface area contributed by atoms with Crippen molar-refractivity contribution in [1.82, 2.24) is 10.3 Å². The number of methoxy groups -OCH3 is 1. The quantitative estimate of drug-likeness (QED) is 0.669. The lowest BCUT2D eigenvalue weighted by molar-refractivity contribution is -0.123. The summed E-state index contributed by atoms with van der Waals surface area (Å²) >= 11 is 0. The summed E-state index contributed by atoms with van der Waals surface area (Å²) in [6.45, 7) is -0.0288. The average molecular weight is 370 g/mol. The summed E-state index contributed by atoms with van der Waals surface area (Å²) < 4.78 is 23.7. The van der Waals surface area contributed by atoms with E-state index in [1.54, 1.807) is 31.4 Å². The van der Waals surface area contributed by atoms with Crippen molar-refractivity contribution in [2.75, 3.05) is 20.3 Å². The van der Waals surface area contributed by atoms with Crippen molar-refractivity contribution in [3.05, 3.63) is 70.3 Å². The Morgan fingerprint density at radius 2 is 2.00 bits per heavy atom. The van der Waals surface area contributed by atoms with Crippen LogP contribution in [0, 0.1) is 5.82 Å². The number of hydrogen-bond acceptors (Lipinski definition) is 4. The molecule has 0 unspecified atom stereocenters. The van der Waals surface area contributed by atoms with Gasteiger partial charge in [0.25, 0.3) is 11.5 Å². The van der Waals surface area contributed by atoms with E-state index >= 15 is 0 Å². The normalized spacial score (nSPS) is 10.6. The zero-order chi connectivity index (χ0) is 19.2. The Hall–Kier alpha value is -3.35.